The van der Waals surface area contributed by atoms with Gasteiger partial charge in [-0.25, -0.2) is 29.0 Å². The SMILES string of the molecule is CCOC(=O)C=C(C(=O)OCC)C(C(=O)OC)=C1SC(=S)N(Cc2ccccc2)C12OC(=NC1CCCCC1)C(C(=O)OC)=C2C(=O)OC. The highest BCUT2D eigenvalue weighted by Crippen LogP contribution is 2.56. The number of esters is 5. The molecule has 1 spiro atoms. The number of nitrogens with zero attached hydrogens (tertiary/aromatic N) is 2. The number of methoxy groups -OCH3 is 3. The average molecular weight is 715 g/mol. The van der Waals surface area contributed by atoms with E-state index in [1.165, 1.54) is 4.90 Å². The molecule has 2 fully saturated rings. The largest absolute Gasteiger partial charge is 0.465 e. The Bertz CT molecular complexity index is 1630. The molecule has 1 atom stereocenters. The molecule has 15 heteroatoms. The molecule has 262 valence electrons. The Morgan fingerprint density at radius 1 is 0.939 bits per heavy atom. The first-order valence-electron chi connectivity index (χ1n) is 15.7. The fourth-order valence-corrected chi connectivity index (χ4v) is 7.37. The van der Waals surface area contributed by atoms with Crippen LogP contribution in [-0.4, -0.2) is 91.3 Å². The molecule has 3 aliphatic rings. The second-order valence-electron chi connectivity index (χ2n) is 10.9. The molecule has 0 aromatic heterocycles. The Hall–Kier alpha value is -4.50. The van der Waals surface area contributed by atoms with E-state index in [2.05, 4.69) is 0 Å². The standard InChI is InChI=1S/C34H38N2O11S2/c1-6-45-23(37)18-22(29(38)46-7-2)24(30(39)42-3)27-34(36(33(48)49-27)19-20-14-10-8-11-15-20)26(32(41)44-5)25(31(40)43-4)28(47-34)35-21-16-12-9-13-17-21/h8,10-11,14-15,18,21H,6-7,9,12-13,16-17,19H2,1-5H3. The summed E-state index contributed by atoms with van der Waals surface area (Å²) >= 11 is 6.68. The third-order valence-electron chi connectivity index (χ3n) is 7.91. The molecule has 1 saturated heterocycles. The van der Waals surface area contributed by atoms with Crippen LogP contribution in [0.3, 0.4) is 0 Å². The van der Waals surface area contributed by atoms with E-state index in [1.54, 1.807) is 26.0 Å². The summed E-state index contributed by atoms with van der Waals surface area (Å²) in [6, 6.07) is 8.78. The van der Waals surface area contributed by atoms with Crippen molar-refractivity contribution in [2.24, 2.45) is 4.99 Å². The highest BCUT2D eigenvalue weighted by molar-refractivity contribution is 8.26. The van der Waals surface area contributed by atoms with Gasteiger partial charge in [-0.3, -0.25) is 0 Å². The van der Waals surface area contributed by atoms with Crippen molar-refractivity contribution in [2.75, 3.05) is 34.5 Å². The quantitative estimate of drug-likeness (QED) is 0.140. The summed E-state index contributed by atoms with van der Waals surface area (Å²) in [7, 11) is 3.33. The minimum Gasteiger partial charge on any atom is -0.465 e. The van der Waals surface area contributed by atoms with Crippen LogP contribution in [0.4, 0.5) is 0 Å². The Labute approximate surface area is 293 Å². The number of carbonyl (C=O) groups excluding carboxylic acids is 5. The molecule has 0 N–H and O–H groups in total. The molecule has 1 aromatic rings. The van der Waals surface area contributed by atoms with Gasteiger partial charge in [0.2, 0.25) is 5.90 Å². The normalized spacial score (nSPS) is 21.4. The molecular weight excluding hydrogens is 677 g/mol. The van der Waals surface area contributed by atoms with Crippen LogP contribution in [-0.2, 0) is 58.9 Å². The summed E-state index contributed by atoms with van der Waals surface area (Å²) in [5.74, 6) is -5.33. The summed E-state index contributed by atoms with van der Waals surface area (Å²) in [4.78, 5) is 74.0. The van der Waals surface area contributed by atoms with E-state index in [9.17, 15) is 24.0 Å². The number of benzene rings is 1. The highest BCUT2D eigenvalue weighted by Gasteiger charge is 2.65. The van der Waals surface area contributed by atoms with Crippen molar-refractivity contribution in [1.82, 2.24) is 4.90 Å². The third kappa shape index (κ3) is 7.72. The predicted octanol–water partition coefficient (Wildman–Crippen LogP) is 4.10. The van der Waals surface area contributed by atoms with Crippen LogP contribution in [0.2, 0.25) is 0 Å². The zero-order valence-corrected chi connectivity index (χ0v) is 29.5. The molecule has 1 aliphatic carbocycles. The highest BCUT2D eigenvalue weighted by atomic mass is 32.2. The van der Waals surface area contributed by atoms with Gasteiger partial charge >= 0.3 is 29.8 Å². The van der Waals surface area contributed by atoms with Crippen molar-refractivity contribution < 1.29 is 52.4 Å². The third-order valence-corrected chi connectivity index (χ3v) is 9.46. The van der Waals surface area contributed by atoms with Gasteiger partial charge in [0, 0.05) is 12.6 Å². The second-order valence-corrected chi connectivity index (χ2v) is 12.5. The lowest BCUT2D eigenvalue weighted by atomic mass is 9.92. The first-order chi connectivity index (χ1) is 23.6. The maximum Gasteiger partial charge on any atom is 0.344 e. The van der Waals surface area contributed by atoms with Crippen LogP contribution in [0.15, 0.2) is 68.6 Å². The van der Waals surface area contributed by atoms with Crippen LogP contribution in [0.5, 0.6) is 0 Å². The predicted molar refractivity (Wildman–Crippen MR) is 182 cm³/mol. The summed E-state index contributed by atoms with van der Waals surface area (Å²) in [5.41, 5.74) is -3.31. The lowest BCUT2D eigenvalue weighted by molar-refractivity contribution is -0.142. The fraction of sp³-hybridized carbons (Fsp3) is 0.441. The van der Waals surface area contributed by atoms with Gasteiger partial charge in [-0.1, -0.05) is 73.6 Å². The van der Waals surface area contributed by atoms with Crippen molar-refractivity contribution in [2.45, 2.75) is 64.3 Å². The molecule has 1 unspecified atom stereocenters. The number of rotatable bonds is 11. The van der Waals surface area contributed by atoms with Gasteiger partial charge < -0.3 is 33.3 Å². The number of ether oxygens (including phenoxy) is 6. The zero-order chi connectivity index (χ0) is 35.7. The number of thiocarbonyl (C=S) groups is 1. The van der Waals surface area contributed by atoms with E-state index in [0.29, 0.717) is 18.4 Å². The van der Waals surface area contributed by atoms with Crippen LogP contribution >= 0.6 is 24.0 Å². The van der Waals surface area contributed by atoms with Gasteiger partial charge in [0.05, 0.1) is 56.6 Å². The minimum atomic E-state index is -2.23. The molecule has 2 heterocycles. The smallest absolute Gasteiger partial charge is 0.344 e. The Balaban J connectivity index is 2.18. The van der Waals surface area contributed by atoms with Crippen molar-refractivity contribution >= 4 is 64.0 Å². The van der Waals surface area contributed by atoms with E-state index in [0.717, 1.165) is 58.4 Å². The summed E-state index contributed by atoms with van der Waals surface area (Å²) in [5, 5.41) is 0. The van der Waals surface area contributed by atoms with Gasteiger partial charge in [-0.05, 0) is 32.3 Å². The first kappa shape index (κ1) is 37.3. The number of aliphatic imine (C=N–C) groups is 1. The molecule has 0 bridgehead atoms. The molecule has 0 amide bonds. The van der Waals surface area contributed by atoms with Gasteiger partial charge in [-0.15, -0.1) is 0 Å². The fourth-order valence-electron chi connectivity index (χ4n) is 5.76. The van der Waals surface area contributed by atoms with Gasteiger partial charge in [0.25, 0.3) is 5.72 Å². The van der Waals surface area contributed by atoms with Crippen molar-refractivity contribution in [3.05, 3.63) is 69.2 Å². The molecule has 2 aliphatic heterocycles. The summed E-state index contributed by atoms with van der Waals surface area (Å²) in [6.07, 6.45) is 5.02. The maximum absolute atomic E-state index is 14.0. The van der Waals surface area contributed by atoms with Crippen LogP contribution in [0.1, 0.15) is 51.5 Å². The van der Waals surface area contributed by atoms with Crippen molar-refractivity contribution in [1.29, 1.82) is 0 Å². The molecule has 4 rings (SSSR count). The summed E-state index contributed by atoms with van der Waals surface area (Å²) in [6.45, 7) is 2.95. The average Bonchev–Trinajstić information content (AvgIpc) is 3.57. The summed E-state index contributed by atoms with van der Waals surface area (Å²) < 4.78 is 32.6. The van der Waals surface area contributed by atoms with Crippen LogP contribution in [0, 0.1) is 0 Å². The molecule has 1 aromatic carbocycles. The van der Waals surface area contributed by atoms with E-state index in [-0.39, 0.29) is 46.5 Å². The number of hydrogen-bond acceptors (Lipinski definition) is 14. The van der Waals surface area contributed by atoms with E-state index in [4.69, 9.17) is 45.6 Å². The first-order valence-corrected chi connectivity index (χ1v) is 16.9. The van der Waals surface area contributed by atoms with Gasteiger partial charge in [-0.2, -0.15) is 0 Å². The molecular formula is C34H38N2O11S2. The Morgan fingerprint density at radius 3 is 2.18 bits per heavy atom. The number of carbonyl (C=O) groups is 5. The topological polar surface area (TPSA) is 156 Å². The maximum atomic E-state index is 14.0. The molecule has 1 saturated carbocycles. The van der Waals surface area contributed by atoms with Crippen molar-refractivity contribution in [3.63, 3.8) is 0 Å². The van der Waals surface area contributed by atoms with Crippen LogP contribution in [0.25, 0.3) is 0 Å². The Kier molecular flexibility index (Phi) is 12.8. The number of hydrogen-bond donors (Lipinski definition) is 0. The second kappa shape index (κ2) is 16.7. The van der Waals surface area contributed by atoms with Gasteiger partial charge in [0.15, 0.2) is 0 Å². The monoisotopic (exact) mass is 714 g/mol. The van der Waals surface area contributed by atoms with E-state index >= 15 is 0 Å². The molecule has 49 heavy (non-hydrogen) atoms. The lowest BCUT2D eigenvalue weighted by Gasteiger charge is -2.37. The van der Waals surface area contributed by atoms with Crippen molar-refractivity contribution in [3.8, 4) is 0 Å². The number of thioether (sulfide) groups is 1. The lowest BCUT2D eigenvalue weighted by Crippen LogP contribution is -2.50. The minimum absolute atomic E-state index is 0.00733. The molecule has 0 radical (unpaired) electrons. The van der Waals surface area contributed by atoms with Gasteiger partial charge in [0.1, 0.15) is 15.5 Å². The van der Waals surface area contributed by atoms with Crippen LogP contribution < -0.4 is 0 Å². The van der Waals surface area contributed by atoms with E-state index in [1.807, 2.05) is 18.2 Å². The Morgan fingerprint density at radius 2 is 1.59 bits per heavy atom. The van der Waals surface area contributed by atoms with E-state index < -0.39 is 52.3 Å². The molecule has 13 nitrogen and oxygen atoms in total. The zero-order valence-electron chi connectivity index (χ0n) is 27.9.